The predicted molar refractivity (Wildman–Crippen MR) is 117 cm³/mol. The van der Waals surface area contributed by atoms with E-state index < -0.39 is 5.60 Å². The minimum absolute atomic E-state index is 0.208. The highest BCUT2D eigenvalue weighted by atomic mass is 32.2. The maximum atomic E-state index is 12.8. The zero-order chi connectivity index (χ0) is 20.4. The third-order valence-corrected chi connectivity index (χ3v) is 5.75. The van der Waals surface area contributed by atoms with Crippen molar-refractivity contribution in [3.63, 3.8) is 0 Å². The van der Waals surface area contributed by atoms with E-state index in [4.69, 9.17) is 4.74 Å². The normalized spacial score (nSPS) is 17.5. The van der Waals surface area contributed by atoms with Crippen LogP contribution in [0.4, 0.5) is 5.69 Å². The quantitative estimate of drug-likeness (QED) is 0.637. The summed E-state index contributed by atoms with van der Waals surface area (Å²) in [7, 11) is 0. The van der Waals surface area contributed by atoms with Crippen LogP contribution in [0.3, 0.4) is 0 Å². The molecule has 1 unspecified atom stereocenters. The van der Waals surface area contributed by atoms with Crippen LogP contribution in [0.2, 0.25) is 0 Å². The molecule has 7 heteroatoms. The highest BCUT2D eigenvalue weighted by Gasteiger charge is 2.33. The lowest BCUT2D eigenvalue weighted by Gasteiger charge is -2.37. The van der Waals surface area contributed by atoms with Crippen molar-refractivity contribution in [3.8, 4) is 0 Å². The van der Waals surface area contributed by atoms with Crippen LogP contribution < -0.4 is 10.2 Å². The number of hydrogen-bond acceptors (Lipinski definition) is 6. The first-order valence-corrected chi connectivity index (χ1v) is 10.6. The third kappa shape index (κ3) is 4.41. The maximum Gasteiger partial charge on any atom is 0.330 e. The number of ether oxygens (including phenoxy) is 1. The molecule has 2 aromatic heterocycles. The molecule has 4 rings (SSSR count). The molecule has 152 valence electrons. The number of fused-ring (bicyclic) bond motifs is 1. The highest BCUT2D eigenvalue weighted by Crippen LogP contribution is 2.36. The standard InChI is InChI=1S/C22H26N4O2S/c1-22(2,3)28-21(27)17-13-23-11-12-26(17)16-9-10-24-20-18(14-25-19(16)20)29-15-7-5-4-6-8-15/h4-10,14,17,23,25H,11-13H2,1-3H3. The van der Waals surface area contributed by atoms with Crippen molar-refractivity contribution >= 4 is 34.5 Å². The van der Waals surface area contributed by atoms with Crippen molar-refractivity contribution in [1.29, 1.82) is 0 Å². The fourth-order valence-electron chi connectivity index (χ4n) is 3.49. The summed E-state index contributed by atoms with van der Waals surface area (Å²) in [6.07, 6.45) is 3.80. The average molecular weight is 411 g/mol. The number of carbonyl (C=O) groups excluding carboxylic acids is 1. The minimum Gasteiger partial charge on any atom is -0.458 e. The van der Waals surface area contributed by atoms with Crippen LogP contribution in [0.1, 0.15) is 20.8 Å². The van der Waals surface area contributed by atoms with Gasteiger partial charge in [-0.05, 0) is 39.0 Å². The first-order chi connectivity index (χ1) is 13.9. The number of piperazine rings is 1. The van der Waals surface area contributed by atoms with Gasteiger partial charge in [0.1, 0.15) is 17.2 Å². The van der Waals surface area contributed by atoms with Crippen molar-refractivity contribution in [1.82, 2.24) is 15.3 Å². The van der Waals surface area contributed by atoms with Crippen LogP contribution in [-0.4, -0.2) is 47.2 Å². The van der Waals surface area contributed by atoms with Crippen LogP contribution in [0.15, 0.2) is 58.6 Å². The number of H-pyrrole nitrogens is 1. The van der Waals surface area contributed by atoms with E-state index in [1.54, 1.807) is 11.8 Å². The molecule has 3 aromatic rings. The number of nitrogens with one attached hydrogen (secondary N) is 2. The third-order valence-electron chi connectivity index (χ3n) is 4.71. The van der Waals surface area contributed by atoms with E-state index in [0.717, 1.165) is 39.6 Å². The van der Waals surface area contributed by atoms with Crippen molar-refractivity contribution in [3.05, 3.63) is 48.8 Å². The largest absolute Gasteiger partial charge is 0.458 e. The monoisotopic (exact) mass is 410 g/mol. The summed E-state index contributed by atoms with van der Waals surface area (Å²) >= 11 is 1.68. The second-order valence-corrected chi connectivity index (χ2v) is 9.18. The van der Waals surface area contributed by atoms with E-state index in [2.05, 4.69) is 32.3 Å². The molecule has 0 bridgehead atoms. The Hall–Kier alpha value is -2.51. The molecule has 1 saturated heterocycles. The average Bonchev–Trinajstić information content (AvgIpc) is 3.10. The number of pyridine rings is 1. The zero-order valence-electron chi connectivity index (χ0n) is 16.9. The molecular formula is C22H26N4O2S. The Morgan fingerprint density at radius 2 is 2.03 bits per heavy atom. The van der Waals surface area contributed by atoms with E-state index in [1.165, 1.54) is 0 Å². The molecule has 0 radical (unpaired) electrons. The van der Waals surface area contributed by atoms with Gasteiger partial charge in [0, 0.05) is 36.9 Å². The summed E-state index contributed by atoms with van der Waals surface area (Å²) in [5, 5.41) is 3.31. The molecule has 0 spiro atoms. The molecule has 0 aliphatic carbocycles. The minimum atomic E-state index is -0.514. The van der Waals surface area contributed by atoms with E-state index in [9.17, 15) is 4.79 Å². The Morgan fingerprint density at radius 1 is 1.24 bits per heavy atom. The van der Waals surface area contributed by atoms with Gasteiger partial charge in [0.15, 0.2) is 0 Å². The molecule has 1 atom stereocenters. The Morgan fingerprint density at radius 3 is 2.79 bits per heavy atom. The molecule has 1 fully saturated rings. The van der Waals surface area contributed by atoms with Crippen LogP contribution in [0.25, 0.3) is 11.0 Å². The van der Waals surface area contributed by atoms with E-state index >= 15 is 0 Å². The van der Waals surface area contributed by atoms with Gasteiger partial charge in [0.05, 0.1) is 16.1 Å². The summed E-state index contributed by atoms with van der Waals surface area (Å²) in [6.45, 7) is 7.79. The highest BCUT2D eigenvalue weighted by molar-refractivity contribution is 7.99. The van der Waals surface area contributed by atoms with Crippen molar-refractivity contribution in [2.45, 2.75) is 42.2 Å². The molecule has 1 aliphatic heterocycles. The number of hydrogen-bond donors (Lipinski definition) is 2. The van der Waals surface area contributed by atoms with Gasteiger partial charge in [0.2, 0.25) is 0 Å². The lowest BCUT2D eigenvalue weighted by atomic mass is 10.1. The summed E-state index contributed by atoms with van der Waals surface area (Å²) in [4.78, 5) is 25.2. The van der Waals surface area contributed by atoms with E-state index in [1.807, 2.05) is 57.4 Å². The van der Waals surface area contributed by atoms with Gasteiger partial charge in [-0.1, -0.05) is 30.0 Å². The summed E-state index contributed by atoms with van der Waals surface area (Å²) in [5.74, 6) is -0.208. The first kappa shape index (κ1) is 19.8. The van der Waals surface area contributed by atoms with Crippen molar-refractivity contribution < 1.29 is 9.53 Å². The van der Waals surface area contributed by atoms with Crippen LogP contribution >= 0.6 is 11.8 Å². The van der Waals surface area contributed by atoms with E-state index in [-0.39, 0.29) is 12.0 Å². The molecule has 0 amide bonds. The smallest absolute Gasteiger partial charge is 0.330 e. The van der Waals surface area contributed by atoms with Crippen LogP contribution in [0, 0.1) is 0 Å². The summed E-state index contributed by atoms with van der Waals surface area (Å²) in [5.41, 5.74) is 2.33. The Kier molecular flexibility index (Phi) is 5.52. The first-order valence-electron chi connectivity index (χ1n) is 9.81. The fraction of sp³-hybridized carbons (Fsp3) is 0.364. The van der Waals surface area contributed by atoms with Gasteiger partial charge in [-0.15, -0.1) is 0 Å². The molecule has 0 saturated carbocycles. The Labute approximate surface area is 175 Å². The van der Waals surface area contributed by atoms with Gasteiger partial charge in [-0.3, -0.25) is 4.98 Å². The Bertz CT molecular complexity index is 997. The number of aromatic amines is 1. The fourth-order valence-corrected chi connectivity index (χ4v) is 4.41. The van der Waals surface area contributed by atoms with Gasteiger partial charge in [-0.2, -0.15) is 0 Å². The van der Waals surface area contributed by atoms with Gasteiger partial charge in [-0.25, -0.2) is 4.79 Å². The Balaban J connectivity index is 1.66. The number of aromatic nitrogens is 2. The number of benzene rings is 1. The molecule has 6 nitrogen and oxygen atoms in total. The number of carbonyl (C=O) groups is 1. The SMILES string of the molecule is CC(C)(C)OC(=O)C1CNCCN1c1ccnc2c(Sc3ccccc3)c[nH]c12. The molecule has 1 aromatic carbocycles. The molecule has 29 heavy (non-hydrogen) atoms. The van der Waals surface area contributed by atoms with Gasteiger partial charge >= 0.3 is 5.97 Å². The lowest BCUT2D eigenvalue weighted by molar-refractivity contribution is -0.156. The number of nitrogens with zero attached hydrogens (tertiary/aromatic N) is 2. The molecule has 1 aliphatic rings. The lowest BCUT2D eigenvalue weighted by Crippen LogP contribution is -2.56. The zero-order valence-corrected chi connectivity index (χ0v) is 17.8. The van der Waals surface area contributed by atoms with Crippen LogP contribution in [-0.2, 0) is 9.53 Å². The molecular weight excluding hydrogens is 384 g/mol. The predicted octanol–water partition coefficient (Wildman–Crippen LogP) is 3.83. The van der Waals surface area contributed by atoms with Crippen molar-refractivity contribution in [2.75, 3.05) is 24.5 Å². The second kappa shape index (κ2) is 8.08. The molecule has 3 heterocycles. The van der Waals surface area contributed by atoms with E-state index in [0.29, 0.717) is 6.54 Å². The second-order valence-electron chi connectivity index (χ2n) is 8.07. The van der Waals surface area contributed by atoms with Gasteiger partial charge < -0.3 is 19.9 Å². The number of anilines is 1. The summed E-state index contributed by atoms with van der Waals surface area (Å²) in [6, 6.07) is 11.8. The number of esters is 1. The topological polar surface area (TPSA) is 70.2 Å². The molecule has 2 N–H and O–H groups in total. The van der Waals surface area contributed by atoms with Crippen molar-refractivity contribution in [2.24, 2.45) is 0 Å². The maximum absolute atomic E-state index is 12.8. The van der Waals surface area contributed by atoms with Crippen LogP contribution in [0.5, 0.6) is 0 Å². The number of rotatable bonds is 4. The summed E-state index contributed by atoms with van der Waals surface area (Å²) < 4.78 is 5.67. The van der Waals surface area contributed by atoms with Gasteiger partial charge in [0.25, 0.3) is 0 Å².